The van der Waals surface area contributed by atoms with Gasteiger partial charge >= 0.3 is 0 Å². The zero-order valence-electron chi connectivity index (χ0n) is 10.8. The van der Waals surface area contributed by atoms with Gasteiger partial charge in [0.15, 0.2) is 0 Å². The number of nitrogens with one attached hydrogen (secondary N) is 1. The van der Waals surface area contributed by atoms with Crippen LogP contribution < -0.4 is 11.1 Å². The van der Waals surface area contributed by atoms with Crippen LogP contribution in [-0.4, -0.2) is 5.91 Å². The molecule has 3 nitrogen and oxygen atoms in total. The van der Waals surface area contributed by atoms with Gasteiger partial charge in [0, 0.05) is 22.0 Å². The van der Waals surface area contributed by atoms with Crippen LogP contribution in [0.1, 0.15) is 21.5 Å². The molecule has 0 aromatic heterocycles. The molecule has 0 saturated heterocycles. The third-order valence-corrected chi connectivity index (χ3v) is 3.12. The predicted octanol–water partition coefficient (Wildman–Crippen LogP) is 3.79. The van der Waals surface area contributed by atoms with Crippen molar-refractivity contribution < 1.29 is 4.79 Å². The Hall–Kier alpha value is -2.00. The fourth-order valence-electron chi connectivity index (χ4n) is 2.01. The normalized spacial score (nSPS) is 10.3. The number of benzene rings is 2. The Labute approximate surface area is 117 Å². The lowest BCUT2D eigenvalue weighted by molar-refractivity contribution is 0.102. The molecule has 0 aliphatic carbocycles. The van der Waals surface area contributed by atoms with Gasteiger partial charge in [-0.2, -0.15) is 0 Å². The molecule has 2 rings (SSSR count). The minimum absolute atomic E-state index is 0.182. The molecule has 98 valence electrons. The Bertz CT molecular complexity index is 615. The average molecular weight is 275 g/mol. The molecular formula is C15H15ClN2O. The maximum Gasteiger partial charge on any atom is 0.255 e. The number of aryl methyl sites for hydroxylation is 2. The minimum atomic E-state index is -0.182. The van der Waals surface area contributed by atoms with Gasteiger partial charge in [0.1, 0.15) is 0 Å². The average Bonchev–Trinajstić information content (AvgIpc) is 2.33. The van der Waals surface area contributed by atoms with E-state index in [1.54, 1.807) is 24.3 Å². The van der Waals surface area contributed by atoms with Crippen LogP contribution in [0.4, 0.5) is 11.4 Å². The van der Waals surface area contributed by atoms with Gasteiger partial charge in [-0.15, -0.1) is 0 Å². The highest BCUT2D eigenvalue weighted by atomic mass is 35.5. The van der Waals surface area contributed by atoms with Crippen LogP contribution in [-0.2, 0) is 0 Å². The second kappa shape index (κ2) is 5.33. The number of halogens is 1. The van der Waals surface area contributed by atoms with Gasteiger partial charge in [-0.1, -0.05) is 17.7 Å². The van der Waals surface area contributed by atoms with Crippen LogP contribution in [0.5, 0.6) is 0 Å². The zero-order chi connectivity index (χ0) is 14.0. The maximum absolute atomic E-state index is 12.2. The van der Waals surface area contributed by atoms with Crippen LogP contribution >= 0.6 is 11.6 Å². The van der Waals surface area contributed by atoms with E-state index in [9.17, 15) is 4.79 Å². The maximum atomic E-state index is 12.2. The molecule has 0 spiro atoms. The van der Waals surface area contributed by atoms with E-state index < -0.39 is 0 Å². The number of nitrogens with two attached hydrogens (primary N) is 1. The molecule has 1 amide bonds. The fourth-order valence-corrected chi connectivity index (χ4v) is 2.20. The summed E-state index contributed by atoms with van der Waals surface area (Å²) in [5, 5.41) is 3.44. The Morgan fingerprint density at radius 2 is 1.79 bits per heavy atom. The third-order valence-electron chi connectivity index (χ3n) is 2.88. The molecular weight excluding hydrogens is 260 g/mol. The summed E-state index contributed by atoms with van der Waals surface area (Å²) < 4.78 is 0. The number of hydrogen-bond donors (Lipinski definition) is 2. The van der Waals surface area contributed by atoms with E-state index >= 15 is 0 Å². The number of hydrogen-bond acceptors (Lipinski definition) is 2. The molecule has 19 heavy (non-hydrogen) atoms. The summed E-state index contributed by atoms with van der Waals surface area (Å²) in [6, 6.07) is 10.5. The largest absolute Gasteiger partial charge is 0.399 e. The standard InChI is InChI=1S/C15H15ClN2O/c1-9-6-13(17)7-10(2)14(9)18-15(19)11-4-3-5-12(16)8-11/h3-8H,17H2,1-2H3,(H,18,19). The summed E-state index contributed by atoms with van der Waals surface area (Å²) in [5.74, 6) is -0.182. The Balaban J connectivity index is 2.29. The van der Waals surface area contributed by atoms with E-state index in [0.29, 0.717) is 16.3 Å². The molecule has 2 aromatic carbocycles. The number of carbonyl (C=O) groups excluding carboxylic acids is 1. The number of carbonyl (C=O) groups is 1. The second-order valence-electron chi connectivity index (χ2n) is 4.49. The molecule has 3 N–H and O–H groups in total. The van der Waals surface area contributed by atoms with Gasteiger partial charge < -0.3 is 11.1 Å². The van der Waals surface area contributed by atoms with Gasteiger partial charge in [-0.25, -0.2) is 0 Å². The van der Waals surface area contributed by atoms with Crippen molar-refractivity contribution in [2.24, 2.45) is 0 Å². The van der Waals surface area contributed by atoms with Gasteiger partial charge in [0.05, 0.1) is 0 Å². The SMILES string of the molecule is Cc1cc(N)cc(C)c1NC(=O)c1cccc(Cl)c1. The molecule has 0 radical (unpaired) electrons. The van der Waals surface area contributed by atoms with Crippen molar-refractivity contribution >= 4 is 28.9 Å². The molecule has 2 aromatic rings. The Morgan fingerprint density at radius 3 is 2.37 bits per heavy atom. The minimum Gasteiger partial charge on any atom is -0.399 e. The molecule has 0 heterocycles. The van der Waals surface area contributed by atoms with Crippen LogP contribution in [0.25, 0.3) is 0 Å². The van der Waals surface area contributed by atoms with Crippen LogP contribution in [0.15, 0.2) is 36.4 Å². The first kappa shape index (κ1) is 13.4. The second-order valence-corrected chi connectivity index (χ2v) is 4.93. The van der Waals surface area contributed by atoms with Crippen molar-refractivity contribution in [1.29, 1.82) is 0 Å². The van der Waals surface area contributed by atoms with Gasteiger partial charge in [-0.3, -0.25) is 4.79 Å². The topological polar surface area (TPSA) is 55.1 Å². The van der Waals surface area contributed by atoms with E-state index in [1.165, 1.54) is 0 Å². The Kier molecular flexibility index (Phi) is 3.76. The van der Waals surface area contributed by atoms with E-state index in [0.717, 1.165) is 16.8 Å². The molecule has 0 aliphatic rings. The quantitative estimate of drug-likeness (QED) is 0.819. The molecule has 0 bridgehead atoms. The monoisotopic (exact) mass is 274 g/mol. The van der Waals surface area contributed by atoms with Crippen LogP contribution in [0, 0.1) is 13.8 Å². The lowest BCUT2D eigenvalue weighted by atomic mass is 10.1. The van der Waals surface area contributed by atoms with E-state index in [4.69, 9.17) is 17.3 Å². The number of amides is 1. The molecule has 0 aliphatic heterocycles. The lowest BCUT2D eigenvalue weighted by Gasteiger charge is -2.12. The van der Waals surface area contributed by atoms with Gasteiger partial charge in [0.2, 0.25) is 0 Å². The summed E-state index contributed by atoms with van der Waals surface area (Å²) in [6.07, 6.45) is 0. The van der Waals surface area contributed by atoms with E-state index in [-0.39, 0.29) is 5.91 Å². The molecule has 4 heteroatoms. The molecule has 0 fully saturated rings. The van der Waals surface area contributed by atoms with Crippen LogP contribution in [0.3, 0.4) is 0 Å². The predicted molar refractivity (Wildman–Crippen MR) is 79.7 cm³/mol. The Morgan fingerprint density at radius 1 is 1.16 bits per heavy atom. The summed E-state index contributed by atoms with van der Waals surface area (Å²) in [4.78, 5) is 12.2. The van der Waals surface area contributed by atoms with Gasteiger partial charge in [0.25, 0.3) is 5.91 Å². The van der Waals surface area contributed by atoms with Crippen molar-refractivity contribution in [2.45, 2.75) is 13.8 Å². The van der Waals surface area contributed by atoms with Crippen molar-refractivity contribution in [3.05, 3.63) is 58.1 Å². The first-order chi connectivity index (χ1) is 8.97. The molecule has 0 atom stereocenters. The summed E-state index contributed by atoms with van der Waals surface area (Å²) in [6.45, 7) is 3.83. The molecule has 0 unspecified atom stereocenters. The highest BCUT2D eigenvalue weighted by Crippen LogP contribution is 2.24. The van der Waals surface area contributed by atoms with Crippen LogP contribution in [0.2, 0.25) is 5.02 Å². The fraction of sp³-hybridized carbons (Fsp3) is 0.133. The number of nitrogen functional groups attached to an aromatic ring is 1. The highest BCUT2D eigenvalue weighted by Gasteiger charge is 2.10. The summed E-state index contributed by atoms with van der Waals surface area (Å²) in [5.41, 5.74) is 9.65. The van der Waals surface area contributed by atoms with Crippen molar-refractivity contribution in [3.8, 4) is 0 Å². The molecule has 0 saturated carbocycles. The highest BCUT2D eigenvalue weighted by molar-refractivity contribution is 6.31. The summed E-state index contributed by atoms with van der Waals surface area (Å²) >= 11 is 5.88. The zero-order valence-corrected chi connectivity index (χ0v) is 11.6. The van der Waals surface area contributed by atoms with E-state index in [1.807, 2.05) is 26.0 Å². The van der Waals surface area contributed by atoms with Crippen molar-refractivity contribution in [2.75, 3.05) is 11.1 Å². The first-order valence-electron chi connectivity index (χ1n) is 5.91. The van der Waals surface area contributed by atoms with Crippen molar-refractivity contribution in [1.82, 2.24) is 0 Å². The van der Waals surface area contributed by atoms with Crippen molar-refractivity contribution in [3.63, 3.8) is 0 Å². The lowest BCUT2D eigenvalue weighted by Crippen LogP contribution is -2.14. The summed E-state index contributed by atoms with van der Waals surface area (Å²) in [7, 11) is 0. The number of anilines is 2. The first-order valence-corrected chi connectivity index (χ1v) is 6.29. The third kappa shape index (κ3) is 3.06. The number of rotatable bonds is 2. The van der Waals surface area contributed by atoms with Gasteiger partial charge in [-0.05, 0) is 55.3 Å². The van der Waals surface area contributed by atoms with E-state index in [2.05, 4.69) is 5.32 Å². The smallest absolute Gasteiger partial charge is 0.255 e.